The molecule has 180 valence electrons. The number of benzene rings is 2. The quantitative estimate of drug-likeness (QED) is 0.295. The van der Waals surface area contributed by atoms with Gasteiger partial charge in [-0.25, -0.2) is 9.37 Å². The first-order chi connectivity index (χ1) is 16.7. The van der Waals surface area contributed by atoms with Crippen molar-refractivity contribution in [1.82, 2.24) is 10.3 Å². The molecule has 3 rings (SSSR count). The number of halogens is 2. The van der Waals surface area contributed by atoms with Crippen molar-refractivity contribution in [3.8, 4) is 11.3 Å². The van der Waals surface area contributed by atoms with Crippen LogP contribution in [0.5, 0.6) is 0 Å². The molecule has 0 bridgehead atoms. The number of nitrogens with zero attached hydrogens (tertiary/aromatic N) is 1. The maximum Gasteiger partial charge on any atom is 0.304 e. The SMILES string of the molecule is C=C/C=C\C=C(/F)C(C)(CNC(=O)c1c(C)c(-c2ccccc2)nc2ccc(Br)cc12)CC(=O)O. The molecule has 3 aromatic rings. The minimum Gasteiger partial charge on any atom is -0.481 e. The highest BCUT2D eigenvalue weighted by Gasteiger charge is 2.33. The van der Waals surface area contributed by atoms with E-state index in [0.29, 0.717) is 27.7 Å². The van der Waals surface area contributed by atoms with Crippen LogP contribution in [0.25, 0.3) is 22.2 Å². The lowest BCUT2D eigenvalue weighted by atomic mass is 9.84. The Morgan fingerprint density at radius 1 is 1.20 bits per heavy atom. The third-order valence-corrected chi connectivity index (χ3v) is 6.20. The van der Waals surface area contributed by atoms with Crippen molar-refractivity contribution in [2.24, 2.45) is 5.41 Å². The Balaban J connectivity index is 2.05. The normalized spacial score (nSPS) is 13.5. The number of carboxylic acids is 1. The van der Waals surface area contributed by atoms with Crippen molar-refractivity contribution < 1.29 is 19.1 Å². The summed E-state index contributed by atoms with van der Waals surface area (Å²) in [5.41, 5.74) is 1.80. The number of pyridine rings is 1. The third-order valence-electron chi connectivity index (χ3n) is 5.71. The average molecular weight is 537 g/mol. The Labute approximate surface area is 212 Å². The number of rotatable bonds is 9. The van der Waals surface area contributed by atoms with E-state index in [1.54, 1.807) is 0 Å². The number of aliphatic carboxylic acids is 1. The lowest BCUT2D eigenvalue weighted by Crippen LogP contribution is -2.38. The predicted octanol–water partition coefficient (Wildman–Crippen LogP) is 6.78. The fourth-order valence-corrected chi connectivity index (χ4v) is 4.21. The molecule has 0 saturated carbocycles. The predicted molar refractivity (Wildman–Crippen MR) is 141 cm³/mol. The second-order valence-corrected chi connectivity index (χ2v) is 9.35. The number of carboxylic acid groups (broad SMARTS) is 1. The Morgan fingerprint density at radius 3 is 2.57 bits per heavy atom. The smallest absolute Gasteiger partial charge is 0.304 e. The molecule has 1 aromatic heterocycles. The number of hydrogen-bond acceptors (Lipinski definition) is 3. The number of amides is 1. The number of carbonyl (C=O) groups excluding carboxylic acids is 1. The van der Waals surface area contributed by atoms with E-state index in [2.05, 4.69) is 27.8 Å². The number of nitrogens with one attached hydrogen (secondary N) is 1. The van der Waals surface area contributed by atoms with Gasteiger partial charge < -0.3 is 10.4 Å². The standard InChI is InChI=1S/C28H26BrFN2O3/c1-4-5-7-12-23(30)28(3,16-24(33)34)17-31-27(35)25-18(2)26(19-10-8-6-9-11-19)32-22-14-13-20(29)15-21(22)25/h4-15H,1,16-17H2,2-3H3,(H,31,35)(H,33,34)/b7-5-,23-12-. The number of carbonyl (C=O) groups is 2. The molecule has 5 nitrogen and oxygen atoms in total. The zero-order valence-electron chi connectivity index (χ0n) is 19.5. The molecular weight excluding hydrogens is 511 g/mol. The maximum absolute atomic E-state index is 15.0. The summed E-state index contributed by atoms with van der Waals surface area (Å²) in [6.07, 6.45) is 5.16. The average Bonchev–Trinajstić information content (AvgIpc) is 2.82. The fraction of sp³-hybridized carbons (Fsp3) is 0.179. The molecule has 7 heteroatoms. The molecule has 0 spiro atoms. The van der Waals surface area contributed by atoms with Crippen LogP contribution in [0.3, 0.4) is 0 Å². The molecule has 0 radical (unpaired) electrons. The van der Waals surface area contributed by atoms with Gasteiger partial charge in [0.05, 0.1) is 23.2 Å². The van der Waals surface area contributed by atoms with Crippen LogP contribution in [0.4, 0.5) is 4.39 Å². The molecule has 2 N–H and O–H groups in total. The summed E-state index contributed by atoms with van der Waals surface area (Å²) in [5.74, 6) is -2.25. The summed E-state index contributed by atoms with van der Waals surface area (Å²) < 4.78 is 15.8. The van der Waals surface area contributed by atoms with Crippen molar-refractivity contribution in [3.05, 3.63) is 101 Å². The topological polar surface area (TPSA) is 79.3 Å². The van der Waals surface area contributed by atoms with Crippen LogP contribution in [0.2, 0.25) is 0 Å². The fourth-order valence-electron chi connectivity index (χ4n) is 3.85. The van der Waals surface area contributed by atoms with Gasteiger partial charge in [-0.15, -0.1) is 0 Å². The van der Waals surface area contributed by atoms with Gasteiger partial charge in [-0.3, -0.25) is 9.59 Å². The van der Waals surface area contributed by atoms with E-state index in [1.807, 2.05) is 55.5 Å². The molecule has 1 unspecified atom stereocenters. The minimum atomic E-state index is -1.44. The summed E-state index contributed by atoms with van der Waals surface area (Å²) >= 11 is 3.46. The van der Waals surface area contributed by atoms with Crippen LogP contribution in [-0.2, 0) is 4.79 Å². The Hall–Kier alpha value is -3.58. The van der Waals surface area contributed by atoms with Gasteiger partial charge in [0.25, 0.3) is 5.91 Å². The second kappa shape index (κ2) is 11.2. The van der Waals surface area contributed by atoms with Crippen LogP contribution < -0.4 is 5.32 Å². The van der Waals surface area contributed by atoms with Crippen LogP contribution in [0.15, 0.2) is 89.7 Å². The summed E-state index contributed by atoms with van der Waals surface area (Å²) in [5, 5.41) is 12.8. The van der Waals surface area contributed by atoms with Crippen molar-refractivity contribution >= 4 is 38.7 Å². The van der Waals surface area contributed by atoms with Gasteiger partial charge in [0.1, 0.15) is 5.83 Å². The number of hydrogen-bond donors (Lipinski definition) is 2. The van der Waals surface area contributed by atoms with Crippen molar-refractivity contribution in [1.29, 1.82) is 0 Å². The van der Waals surface area contributed by atoms with Crippen molar-refractivity contribution in [2.45, 2.75) is 20.3 Å². The first kappa shape index (κ1) is 26.0. The lowest BCUT2D eigenvalue weighted by Gasteiger charge is -2.27. The summed E-state index contributed by atoms with van der Waals surface area (Å²) in [4.78, 5) is 29.8. The lowest BCUT2D eigenvalue weighted by molar-refractivity contribution is -0.139. The molecule has 0 aliphatic carbocycles. The molecule has 35 heavy (non-hydrogen) atoms. The molecule has 0 aliphatic rings. The highest BCUT2D eigenvalue weighted by molar-refractivity contribution is 9.10. The van der Waals surface area contributed by atoms with E-state index in [0.717, 1.165) is 10.0 Å². The molecule has 1 atom stereocenters. The van der Waals surface area contributed by atoms with E-state index in [9.17, 15) is 14.7 Å². The maximum atomic E-state index is 15.0. The molecule has 0 saturated heterocycles. The second-order valence-electron chi connectivity index (χ2n) is 8.44. The van der Waals surface area contributed by atoms with Crippen LogP contribution in [0.1, 0.15) is 29.3 Å². The third kappa shape index (κ3) is 6.11. The van der Waals surface area contributed by atoms with Gasteiger partial charge in [0.15, 0.2) is 0 Å². The molecule has 1 heterocycles. The number of fused-ring (bicyclic) bond motifs is 1. The summed E-state index contributed by atoms with van der Waals surface area (Å²) in [7, 11) is 0. The minimum absolute atomic E-state index is 0.208. The van der Waals surface area contributed by atoms with Crippen LogP contribution >= 0.6 is 15.9 Å². The zero-order valence-corrected chi connectivity index (χ0v) is 21.1. The molecular formula is C28H26BrFN2O3. The van der Waals surface area contributed by atoms with Crippen molar-refractivity contribution in [2.75, 3.05) is 6.54 Å². The van der Waals surface area contributed by atoms with E-state index in [4.69, 9.17) is 4.98 Å². The molecule has 0 aliphatic heterocycles. The molecule has 2 aromatic carbocycles. The van der Waals surface area contributed by atoms with Gasteiger partial charge in [-0.05, 0) is 36.8 Å². The first-order valence-electron chi connectivity index (χ1n) is 11.0. The Morgan fingerprint density at radius 2 is 1.91 bits per heavy atom. The van der Waals surface area contributed by atoms with E-state index < -0.39 is 29.5 Å². The van der Waals surface area contributed by atoms with Gasteiger partial charge >= 0.3 is 5.97 Å². The largest absolute Gasteiger partial charge is 0.481 e. The van der Waals surface area contributed by atoms with Gasteiger partial charge in [0.2, 0.25) is 0 Å². The summed E-state index contributed by atoms with van der Waals surface area (Å²) in [6, 6.07) is 15.0. The van der Waals surface area contributed by atoms with E-state index in [-0.39, 0.29) is 6.54 Å². The van der Waals surface area contributed by atoms with Gasteiger partial charge in [-0.2, -0.15) is 0 Å². The summed E-state index contributed by atoms with van der Waals surface area (Å²) in [6.45, 7) is 6.62. The molecule has 0 fully saturated rings. The monoisotopic (exact) mass is 536 g/mol. The van der Waals surface area contributed by atoms with Gasteiger partial charge in [0, 0.05) is 27.4 Å². The van der Waals surface area contributed by atoms with Gasteiger partial charge in [-0.1, -0.05) is 78.0 Å². The van der Waals surface area contributed by atoms with E-state index >= 15 is 4.39 Å². The highest BCUT2D eigenvalue weighted by Crippen LogP contribution is 2.34. The zero-order chi connectivity index (χ0) is 25.6. The Bertz CT molecular complexity index is 1340. The highest BCUT2D eigenvalue weighted by atomic mass is 79.9. The molecule has 1 amide bonds. The van der Waals surface area contributed by atoms with Crippen LogP contribution in [-0.4, -0.2) is 28.5 Å². The van der Waals surface area contributed by atoms with Crippen molar-refractivity contribution in [3.63, 3.8) is 0 Å². The number of aromatic nitrogens is 1. The van der Waals surface area contributed by atoms with Crippen LogP contribution in [0, 0.1) is 12.3 Å². The Kier molecular flexibility index (Phi) is 8.35. The number of allylic oxidation sites excluding steroid dienone is 4. The first-order valence-corrected chi connectivity index (χ1v) is 11.8. The van der Waals surface area contributed by atoms with E-state index in [1.165, 1.54) is 31.2 Å².